The molecule has 29 heavy (non-hydrogen) atoms. The van der Waals surface area contributed by atoms with Gasteiger partial charge in [-0.2, -0.15) is 0 Å². The number of anilines is 2. The van der Waals surface area contributed by atoms with Crippen molar-refractivity contribution in [2.75, 3.05) is 16.8 Å². The lowest BCUT2D eigenvalue weighted by Crippen LogP contribution is -2.29. The van der Waals surface area contributed by atoms with Gasteiger partial charge in [0.25, 0.3) is 5.91 Å². The molecule has 0 fully saturated rings. The van der Waals surface area contributed by atoms with Crippen LogP contribution in [0.1, 0.15) is 21.5 Å². The van der Waals surface area contributed by atoms with Gasteiger partial charge in [0.1, 0.15) is 5.82 Å². The van der Waals surface area contributed by atoms with E-state index >= 15 is 0 Å². The molecule has 0 bridgehead atoms. The van der Waals surface area contributed by atoms with Crippen molar-refractivity contribution in [2.24, 2.45) is 0 Å². The Kier molecular flexibility index (Phi) is 5.24. The summed E-state index contributed by atoms with van der Waals surface area (Å²) in [6.07, 6.45) is 0.781. The fourth-order valence-electron chi connectivity index (χ4n) is 3.40. The number of benzene rings is 3. The van der Waals surface area contributed by atoms with Gasteiger partial charge in [-0.1, -0.05) is 30.3 Å². The second kappa shape index (κ2) is 8.14. The van der Waals surface area contributed by atoms with Crippen molar-refractivity contribution in [3.8, 4) is 0 Å². The SMILES string of the molecule is O=C(NCc1ccc2c(c1)CCN2C(=O)c1ccccc1)Nc1ccc(F)cc1. The van der Waals surface area contributed by atoms with E-state index in [0.717, 1.165) is 23.2 Å². The Labute approximate surface area is 168 Å². The van der Waals surface area contributed by atoms with Crippen LogP contribution in [0.5, 0.6) is 0 Å². The molecule has 1 heterocycles. The lowest BCUT2D eigenvalue weighted by Gasteiger charge is -2.17. The van der Waals surface area contributed by atoms with Crippen LogP contribution in [0.15, 0.2) is 72.8 Å². The Hall–Kier alpha value is -3.67. The van der Waals surface area contributed by atoms with E-state index in [9.17, 15) is 14.0 Å². The summed E-state index contributed by atoms with van der Waals surface area (Å²) in [6.45, 7) is 0.998. The van der Waals surface area contributed by atoms with Crippen LogP contribution in [-0.4, -0.2) is 18.5 Å². The molecule has 146 valence electrons. The highest BCUT2D eigenvalue weighted by molar-refractivity contribution is 6.07. The minimum Gasteiger partial charge on any atom is -0.334 e. The largest absolute Gasteiger partial charge is 0.334 e. The Morgan fingerprint density at radius 2 is 1.72 bits per heavy atom. The summed E-state index contributed by atoms with van der Waals surface area (Å²) in [6, 6.07) is 20.3. The molecule has 0 aliphatic carbocycles. The molecule has 0 unspecified atom stereocenters. The zero-order valence-electron chi connectivity index (χ0n) is 15.7. The third kappa shape index (κ3) is 4.27. The van der Waals surface area contributed by atoms with Gasteiger partial charge in [-0.3, -0.25) is 4.79 Å². The Balaban J connectivity index is 1.38. The number of rotatable bonds is 4. The van der Waals surface area contributed by atoms with E-state index in [-0.39, 0.29) is 17.8 Å². The van der Waals surface area contributed by atoms with Crippen LogP contribution in [-0.2, 0) is 13.0 Å². The number of nitrogens with one attached hydrogen (secondary N) is 2. The summed E-state index contributed by atoms with van der Waals surface area (Å²) in [4.78, 5) is 26.6. The Morgan fingerprint density at radius 3 is 2.48 bits per heavy atom. The normalized spacial score (nSPS) is 12.4. The standard InChI is InChI=1S/C23H20FN3O2/c24-19-7-9-20(10-8-19)26-23(29)25-15-16-6-11-21-18(14-16)12-13-27(21)22(28)17-4-2-1-3-5-17/h1-11,14H,12-13,15H2,(H2,25,26,29). The molecule has 3 aromatic rings. The van der Waals surface area contributed by atoms with Gasteiger partial charge in [-0.15, -0.1) is 0 Å². The van der Waals surface area contributed by atoms with Gasteiger partial charge >= 0.3 is 6.03 Å². The minimum absolute atomic E-state index is 0.00565. The fraction of sp³-hybridized carbons (Fsp3) is 0.130. The Bertz CT molecular complexity index is 1040. The number of hydrogen-bond donors (Lipinski definition) is 2. The van der Waals surface area contributed by atoms with Crippen LogP contribution in [0.3, 0.4) is 0 Å². The number of carbonyl (C=O) groups is 2. The first kappa shape index (κ1) is 18.7. The third-order valence-electron chi connectivity index (χ3n) is 4.86. The van der Waals surface area contributed by atoms with Gasteiger partial charge in [0.05, 0.1) is 0 Å². The number of hydrogen-bond acceptors (Lipinski definition) is 2. The maximum Gasteiger partial charge on any atom is 0.319 e. The predicted molar refractivity (Wildman–Crippen MR) is 111 cm³/mol. The number of nitrogens with zero attached hydrogens (tertiary/aromatic N) is 1. The van der Waals surface area contributed by atoms with Crippen molar-refractivity contribution in [1.82, 2.24) is 5.32 Å². The second-order valence-electron chi connectivity index (χ2n) is 6.85. The van der Waals surface area contributed by atoms with E-state index in [1.165, 1.54) is 24.3 Å². The number of halogens is 1. The summed E-state index contributed by atoms with van der Waals surface area (Å²) in [7, 11) is 0. The third-order valence-corrected chi connectivity index (χ3v) is 4.86. The minimum atomic E-state index is -0.363. The average molecular weight is 389 g/mol. The quantitative estimate of drug-likeness (QED) is 0.697. The van der Waals surface area contributed by atoms with Crippen molar-refractivity contribution in [3.63, 3.8) is 0 Å². The first-order valence-corrected chi connectivity index (χ1v) is 9.39. The number of amides is 3. The van der Waals surface area contributed by atoms with Crippen molar-refractivity contribution >= 4 is 23.3 Å². The van der Waals surface area contributed by atoms with E-state index in [1.807, 2.05) is 48.5 Å². The molecule has 4 rings (SSSR count). The van der Waals surface area contributed by atoms with Crippen molar-refractivity contribution in [3.05, 3.63) is 95.3 Å². The lowest BCUT2D eigenvalue weighted by atomic mass is 10.1. The van der Waals surface area contributed by atoms with Gasteiger partial charge < -0.3 is 15.5 Å². The monoisotopic (exact) mass is 389 g/mol. The van der Waals surface area contributed by atoms with E-state index in [4.69, 9.17) is 0 Å². The van der Waals surface area contributed by atoms with Crippen molar-refractivity contribution < 1.29 is 14.0 Å². The molecule has 0 saturated heterocycles. The van der Waals surface area contributed by atoms with E-state index in [0.29, 0.717) is 24.3 Å². The fourth-order valence-corrected chi connectivity index (χ4v) is 3.40. The van der Waals surface area contributed by atoms with Crippen LogP contribution in [0.2, 0.25) is 0 Å². The molecule has 1 aliphatic heterocycles. The zero-order chi connectivity index (χ0) is 20.2. The van der Waals surface area contributed by atoms with Crippen LogP contribution >= 0.6 is 0 Å². The predicted octanol–water partition coefficient (Wildman–Crippen LogP) is 4.35. The maximum atomic E-state index is 12.9. The molecule has 1 aliphatic rings. The summed E-state index contributed by atoms with van der Waals surface area (Å²) in [5, 5.41) is 5.45. The summed E-state index contributed by atoms with van der Waals surface area (Å²) in [5.74, 6) is -0.359. The van der Waals surface area contributed by atoms with Gasteiger partial charge in [-0.25, -0.2) is 9.18 Å². The van der Waals surface area contributed by atoms with Crippen LogP contribution < -0.4 is 15.5 Å². The first-order chi connectivity index (χ1) is 14.1. The van der Waals surface area contributed by atoms with Gasteiger partial charge in [0.15, 0.2) is 0 Å². The molecule has 2 N–H and O–H groups in total. The highest BCUT2D eigenvalue weighted by Crippen LogP contribution is 2.30. The average Bonchev–Trinajstić information content (AvgIpc) is 3.17. The van der Waals surface area contributed by atoms with Crippen LogP contribution in [0.25, 0.3) is 0 Å². The molecular weight excluding hydrogens is 369 g/mol. The lowest BCUT2D eigenvalue weighted by molar-refractivity contribution is 0.0989. The molecule has 5 nitrogen and oxygen atoms in total. The molecule has 3 aromatic carbocycles. The van der Waals surface area contributed by atoms with Crippen molar-refractivity contribution in [1.29, 1.82) is 0 Å². The van der Waals surface area contributed by atoms with Crippen LogP contribution in [0.4, 0.5) is 20.6 Å². The Morgan fingerprint density at radius 1 is 0.966 bits per heavy atom. The molecule has 0 aromatic heterocycles. The van der Waals surface area contributed by atoms with Gasteiger partial charge in [0, 0.05) is 30.0 Å². The van der Waals surface area contributed by atoms with Gasteiger partial charge in [-0.05, 0) is 60.0 Å². The summed E-state index contributed by atoms with van der Waals surface area (Å²) >= 11 is 0. The highest BCUT2D eigenvalue weighted by Gasteiger charge is 2.25. The van der Waals surface area contributed by atoms with Crippen molar-refractivity contribution in [2.45, 2.75) is 13.0 Å². The number of fused-ring (bicyclic) bond motifs is 1. The van der Waals surface area contributed by atoms with E-state index in [1.54, 1.807) is 4.90 Å². The molecule has 6 heteroatoms. The molecule has 0 spiro atoms. The first-order valence-electron chi connectivity index (χ1n) is 9.39. The number of urea groups is 1. The summed E-state index contributed by atoms with van der Waals surface area (Å²) in [5.41, 5.74) is 4.15. The topological polar surface area (TPSA) is 61.4 Å². The molecule has 0 saturated carbocycles. The summed E-state index contributed by atoms with van der Waals surface area (Å²) < 4.78 is 12.9. The highest BCUT2D eigenvalue weighted by atomic mass is 19.1. The smallest absolute Gasteiger partial charge is 0.319 e. The molecule has 3 amide bonds. The number of carbonyl (C=O) groups excluding carboxylic acids is 2. The molecule has 0 radical (unpaired) electrons. The van der Waals surface area contributed by atoms with Gasteiger partial charge in [0.2, 0.25) is 0 Å². The van der Waals surface area contributed by atoms with E-state index < -0.39 is 0 Å². The van der Waals surface area contributed by atoms with E-state index in [2.05, 4.69) is 10.6 Å². The van der Waals surface area contributed by atoms with Crippen LogP contribution in [0, 0.1) is 5.82 Å². The maximum absolute atomic E-state index is 12.9. The second-order valence-corrected chi connectivity index (χ2v) is 6.85. The zero-order valence-corrected chi connectivity index (χ0v) is 15.7. The molecular formula is C23H20FN3O2. The molecule has 0 atom stereocenters.